The molecule has 0 aliphatic heterocycles. The Labute approximate surface area is 105 Å². The standard InChI is InChI=1S/C10H17NO5S/c1-6(5-17)9(14)11(4-8(12)13)7(2)10(15)16-3/h6-7,17H,4-5H2,1-3H3,(H,12,13)/t6?,7-/m1/s1. The van der Waals surface area contributed by atoms with Crippen molar-refractivity contribution in [3.8, 4) is 0 Å². The maximum atomic E-state index is 11.9. The van der Waals surface area contributed by atoms with Gasteiger partial charge in [-0.3, -0.25) is 9.59 Å². The van der Waals surface area contributed by atoms with Gasteiger partial charge in [0.05, 0.1) is 7.11 Å². The Kier molecular flexibility index (Phi) is 6.64. The van der Waals surface area contributed by atoms with E-state index in [2.05, 4.69) is 17.4 Å². The van der Waals surface area contributed by atoms with Crippen LogP contribution in [0.25, 0.3) is 0 Å². The maximum Gasteiger partial charge on any atom is 0.328 e. The van der Waals surface area contributed by atoms with Gasteiger partial charge in [0.1, 0.15) is 12.6 Å². The summed E-state index contributed by atoms with van der Waals surface area (Å²) in [6, 6.07) is -0.925. The molecule has 0 fully saturated rings. The molecule has 0 aromatic rings. The van der Waals surface area contributed by atoms with Crippen LogP contribution in [0.2, 0.25) is 0 Å². The number of carboxylic acid groups (broad SMARTS) is 1. The number of rotatable bonds is 6. The molecule has 0 aliphatic carbocycles. The molecular formula is C10H17NO5S. The minimum atomic E-state index is -1.18. The molecule has 0 saturated carbocycles. The molecule has 0 bridgehead atoms. The Hall–Kier alpha value is -1.24. The number of carbonyl (C=O) groups excluding carboxylic acids is 2. The Bertz CT molecular complexity index is 307. The van der Waals surface area contributed by atoms with Gasteiger partial charge in [-0.1, -0.05) is 6.92 Å². The zero-order valence-electron chi connectivity index (χ0n) is 10.0. The third kappa shape index (κ3) is 4.64. The minimum absolute atomic E-state index is 0.281. The first kappa shape index (κ1) is 15.8. The van der Waals surface area contributed by atoms with E-state index in [1.807, 2.05) is 0 Å². The number of hydrogen-bond acceptors (Lipinski definition) is 5. The fourth-order valence-electron chi connectivity index (χ4n) is 1.21. The zero-order chi connectivity index (χ0) is 13.6. The average molecular weight is 263 g/mol. The second-order valence-electron chi connectivity index (χ2n) is 3.64. The van der Waals surface area contributed by atoms with Crippen molar-refractivity contribution in [2.45, 2.75) is 19.9 Å². The summed E-state index contributed by atoms with van der Waals surface area (Å²) in [5.41, 5.74) is 0. The van der Waals surface area contributed by atoms with Crippen LogP contribution < -0.4 is 0 Å². The lowest BCUT2D eigenvalue weighted by Gasteiger charge is -2.27. The summed E-state index contributed by atoms with van der Waals surface area (Å²) in [5.74, 6) is -2.43. The number of thiol groups is 1. The van der Waals surface area contributed by atoms with E-state index in [0.29, 0.717) is 0 Å². The van der Waals surface area contributed by atoms with E-state index in [9.17, 15) is 14.4 Å². The number of methoxy groups -OCH3 is 1. The number of carboxylic acids is 1. The summed E-state index contributed by atoms with van der Waals surface area (Å²) in [4.78, 5) is 34.9. The largest absolute Gasteiger partial charge is 0.480 e. The smallest absolute Gasteiger partial charge is 0.328 e. The molecule has 0 saturated heterocycles. The molecule has 7 heteroatoms. The van der Waals surface area contributed by atoms with Gasteiger partial charge in [-0.15, -0.1) is 0 Å². The number of hydrogen-bond donors (Lipinski definition) is 2. The quantitative estimate of drug-likeness (QED) is 0.521. The Morgan fingerprint density at radius 3 is 2.24 bits per heavy atom. The third-order valence-electron chi connectivity index (χ3n) is 2.29. The van der Waals surface area contributed by atoms with Crippen LogP contribution in [0.15, 0.2) is 0 Å². The molecule has 0 aliphatic rings. The van der Waals surface area contributed by atoms with Gasteiger partial charge in [0.2, 0.25) is 5.91 Å². The van der Waals surface area contributed by atoms with E-state index in [4.69, 9.17) is 5.11 Å². The van der Waals surface area contributed by atoms with Crippen molar-refractivity contribution in [3.05, 3.63) is 0 Å². The van der Waals surface area contributed by atoms with Gasteiger partial charge in [-0.05, 0) is 6.92 Å². The Morgan fingerprint density at radius 2 is 1.88 bits per heavy atom. The SMILES string of the molecule is COC(=O)[C@@H](C)N(CC(=O)O)C(=O)C(C)CS. The molecule has 0 rings (SSSR count). The van der Waals surface area contributed by atoms with E-state index < -0.39 is 36.4 Å². The van der Waals surface area contributed by atoms with Gasteiger partial charge in [-0.2, -0.15) is 12.6 Å². The molecule has 0 aromatic carbocycles. The van der Waals surface area contributed by atoms with Crippen LogP contribution in [0.5, 0.6) is 0 Å². The van der Waals surface area contributed by atoms with Gasteiger partial charge in [0.25, 0.3) is 0 Å². The van der Waals surface area contributed by atoms with Crippen molar-refractivity contribution in [2.24, 2.45) is 5.92 Å². The van der Waals surface area contributed by atoms with Gasteiger partial charge in [0.15, 0.2) is 0 Å². The summed E-state index contributed by atoms with van der Waals surface area (Å²) in [5, 5.41) is 8.73. The monoisotopic (exact) mass is 263 g/mol. The fourth-order valence-corrected chi connectivity index (χ4v) is 1.37. The fraction of sp³-hybridized carbons (Fsp3) is 0.700. The molecule has 1 N–H and O–H groups in total. The van der Waals surface area contributed by atoms with Crippen LogP contribution >= 0.6 is 12.6 Å². The minimum Gasteiger partial charge on any atom is -0.480 e. The van der Waals surface area contributed by atoms with Gasteiger partial charge >= 0.3 is 11.9 Å². The third-order valence-corrected chi connectivity index (χ3v) is 2.84. The van der Waals surface area contributed by atoms with Crippen LogP contribution in [-0.4, -0.2) is 53.3 Å². The zero-order valence-corrected chi connectivity index (χ0v) is 10.9. The number of aliphatic carboxylic acids is 1. The predicted octanol–water partition coefficient (Wildman–Crippen LogP) is 0.0270. The molecular weight excluding hydrogens is 246 g/mol. The first-order valence-electron chi connectivity index (χ1n) is 5.06. The molecule has 17 heavy (non-hydrogen) atoms. The van der Waals surface area contributed by atoms with Gasteiger partial charge in [-0.25, -0.2) is 4.79 Å². The lowest BCUT2D eigenvalue weighted by Crippen LogP contribution is -2.48. The second kappa shape index (κ2) is 7.16. The highest BCUT2D eigenvalue weighted by molar-refractivity contribution is 7.80. The van der Waals surface area contributed by atoms with Crippen LogP contribution in [0.1, 0.15) is 13.8 Å². The molecule has 2 atom stereocenters. The van der Waals surface area contributed by atoms with Crippen LogP contribution in [-0.2, 0) is 19.1 Å². The van der Waals surface area contributed by atoms with Crippen LogP contribution in [0.4, 0.5) is 0 Å². The first-order valence-corrected chi connectivity index (χ1v) is 5.69. The maximum absolute atomic E-state index is 11.9. The van der Waals surface area contributed by atoms with Crippen LogP contribution in [0.3, 0.4) is 0 Å². The predicted molar refractivity (Wildman–Crippen MR) is 63.8 cm³/mol. The average Bonchev–Trinajstić information content (AvgIpc) is 2.31. The van der Waals surface area contributed by atoms with Gasteiger partial charge < -0.3 is 14.7 Å². The molecule has 0 radical (unpaired) electrons. The van der Waals surface area contributed by atoms with E-state index in [1.54, 1.807) is 6.92 Å². The number of amides is 1. The summed E-state index contributed by atoms with van der Waals surface area (Å²) in [7, 11) is 1.18. The first-order chi connectivity index (χ1) is 7.84. The number of ether oxygens (including phenoxy) is 1. The van der Waals surface area contributed by atoms with E-state index in [1.165, 1.54) is 14.0 Å². The second-order valence-corrected chi connectivity index (χ2v) is 4.01. The Balaban J connectivity index is 4.92. The van der Waals surface area contributed by atoms with E-state index >= 15 is 0 Å². The van der Waals surface area contributed by atoms with Crippen LogP contribution in [0, 0.1) is 5.92 Å². The number of nitrogens with zero attached hydrogens (tertiary/aromatic N) is 1. The van der Waals surface area contributed by atoms with Crippen molar-refractivity contribution in [1.29, 1.82) is 0 Å². The molecule has 0 spiro atoms. The number of esters is 1. The summed E-state index contributed by atoms with van der Waals surface area (Å²) >= 11 is 3.97. The van der Waals surface area contributed by atoms with Gasteiger partial charge in [0, 0.05) is 11.7 Å². The molecule has 6 nitrogen and oxygen atoms in total. The highest BCUT2D eigenvalue weighted by Crippen LogP contribution is 2.09. The van der Waals surface area contributed by atoms with Crippen molar-refractivity contribution < 1.29 is 24.2 Å². The van der Waals surface area contributed by atoms with Crippen molar-refractivity contribution >= 4 is 30.5 Å². The topological polar surface area (TPSA) is 83.9 Å². The molecule has 0 aromatic heterocycles. The summed E-state index contributed by atoms with van der Waals surface area (Å²) < 4.78 is 4.49. The Morgan fingerprint density at radius 1 is 1.35 bits per heavy atom. The van der Waals surface area contributed by atoms with E-state index in [0.717, 1.165) is 4.90 Å². The molecule has 1 unspecified atom stereocenters. The normalized spacial score (nSPS) is 13.6. The highest BCUT2D eigenvalue weighted by Gasteiger charge is 2.30. The molecule has 98 valence electrons. The van der Waals surface area contributed by atoms with Crippen molar-refractivity contribution in [2.75, 3.05) is 19.4 Å². The summed E-state index contributed by atoms with van der Waals surface area (Å²) in [6.45, 7) is 2.51. The molecule has 0 heterocycles. The van der Waals surface area contributed by atoms with E-state index in [-0.39, 0.29) is 5.75 Å². The highest BCUT2D eigenvalue weighted by atomic mass is 32.1. The number of carbonyl (C=O) groups is 3. The summed E-state index contributed by atoms with van der Waals surface area (Å²) in [6.07, 6.45) is 0. The lowest BCUT2D eigenvalue weighted by atomic mass is 10.1. The lowest BCUT2D eigenvalue weighted by molar-refractivity contribution is -0.156. The van der Waals surface area contributed by atoms with Crippen molar-refractivity contribution in [3.63, 3.8) is 0 Å². The molecule has 1 amide bonds. The van der Waals surface area contributed by atoms with Crippen molar-refractivity contribution in [1.82, 2.24) is 4.90 Å².